The Hall–Kier alpha value is -0.490. The zero-order chi connectivity index (χ0) is 8.27. The van der Waals surface area contributed by atoms with Crippen molar-refractivity contribution in [1.82, 2.24) is 0 Å². The normalized spacial score (nSPS) is 8.64. The van der Waals surface area contributed by atoms with Crippen molar-refractivity contribution in [2.24, 2.45) is 0 Å². The summed E-state index contributed by atoms with van der Waals surface area (Å²) < 4.78 is 2.85. The number of hydrogen-bond acceptors (Lipinski definition) is 0. The molecule has 0 spiro atoms. The van der Waals surface area contributed by atoms with Crippen LogP contribution in [-0.2, 0) is 0 Å². The van der Waals surface area contributed by atoms with E-state index in [0.717, 1.165) is 5.56 Å². The lowest BCUT2D eigenvalue weighted by Gasteiger charge is -1.98. The number of rotatable bonds is 0. The first kappa shape index (κ1) is 8.61. The van der Waals surface area contributed by atoms with Gasteiger partial charge in [0.1, 0.15) is 0 Å². The molecular formula is C10H9I. The standard InChI is InChI=1S/C10H9I/c1-8-3-4-10(5-6-11)7-9(8)2/h3-4,7H,1-2H3. The van der Waals surface area contributed by atoms with Crippen molar-refractivity contribution >= 4 is 22.6 Å². The lowest BCUT2D eigenvalue weighted by molar-refractivity contribution is 1.33. The van der Waals surface area contributed by atoms with Crippen LogP contribution in [0.1, 0.15) is 16.7 Å². The monoisotopic (exact) mass is 256 g/mol. The van der Waals surface area contributed by atoms with E-state index in [1.807, 2.05) is 6.07 Å². The lowest BCUT2D eigenvalue weighted by atomic mass is 10.1. The molecule has 0 fully saturated rings. The van der Waals surface area contributed by atoms with E-state index in [2.05, 4.69) is 58.4 Å². The van der Waals surface area contributed by atoms with E-state index in [9.17, 15) is 0 Å². The fraction of sp³-hybridized carbons (Fsp3) is 0.200. The van der Waals surface area contributed by atoms with Crippen LogP contribution in [0.5, 0.6) is 0 Å². The van der Waals surface area contributed by atoms with E-state index in [1.165, 1.54) is 11.1 Å². The van der Waals surface area contributed by atoms with Gasteiger partial charge in [-0.3, -0.25) is 0 Å². The van der Waals surface area contributed by atoms with Crippen LogP contribution in [0.3, 0.4) is 0 Å². The largest absolute Gasteiger partial charge is 0.0578 e. The first-order chi connectivity index (χ1) is 5.24. The van der Waals surface area contributed by atoms with Crippen LogP contribution in [-0.4, -0.2) is 0 Å². The van der Waals surface area contributed by atoms with Gasteiger partial charge in [0.15, 0.2) is 0 Å². The van der Waals surface area contributed by atoms with Crippen LogP contribution < -0.4 is 0 Å². The predicted molar refractivity (Wildman–Crippen MR) is 56.8 cm³/mol. The quantitative estimate of drug-likeness (QED) is 0.494. The molecule has 0 heterocycles. The third-order valence-electron chi connectivity index (χ3n) is 1.70. The maximum atomic E-state index is 3.01. The third-order valence-corrected chi connectivity index (χ3v) is 1.97. The van der Waals surface area contributed by atoms with Gasteiger partial charge in [-0.25, -0.2) is 0 Å². The average Bonchev–Trinajstić information content (AvgIpc) is 1.98. The Balaban J connectivity index is 3.12. The van der Waals surface area contributed by atoms with E-state index in [-0.39, 0.29) is 0 Å². The number of aryl methyl sites for hydroxylation is 2. The molecule has 1 aromatic carbocycles. The van der Waals surface area contributed by atoms with Gasteiger partial charge in [-0.15, -0.1) is 0 Å². The molecule has 1 heteroatoms. The summed E-state index contributed by atoms with van der Waals surface area (Å²) in [7, 11) is 0. The van der Waals surface area contributed by atoms with Crippen LogP contribution in [0.4, 0.5) is 0 Å². The highest BCUT2D eigenvalue weighted by Gasteiger charge is 1.91. The third kappa shape index (κ3) is 2.23. The van der Waals surface area contributed by atoms with Gasteiger partial charge in [0, 0.05) is 28.2 Å². The Bertz CT molecular complexity index is 315. The molecule has 0 N–H and O–H groups in total. The molecule has 1 rings (SSSR count). The first-order valence-corrected chi connectivity index (χ1v) is 4.51. The zero-order valence-corrected chi connectivity index (χ0v) is 8.77. The zero-order valence-electron chi connectivity index (χ0n) is 6.61. The maximum Gasteiger partial charge on any atom is 0.0256 e. The summed E-state index contributed by atoms with van der Waals surface area (Å²) in [6.07, 6.45) is 0. The Morgan fingerprint density at radius 2 is 1.91 bits per heavy atom. The molecule has 0 nitrogen and oxygen atoms in total. The lowest BCUT2D eigenvalue weighted by Crippen LogP contribution is -1.81. The van der Waals surface area contributed by atoms with E-state index in [0.29, 0.717) is 0 Å². The van der Waals surface area contributed by atoms with Crippen molar-refractivity contribution in [3.05, 3.63) is 34.9 Å². The van der Waals surface area contributed by atoms with Crippen LogP contribution in [0, 0.1) is 23.7 Å². The van der Waals surface area contributed by atoms with Gasteiger partial charge < -0.3 is 0 Å². The fourth-order valence-corrected chi connectivity index (χ4v) is 1.19. The summed E-state index contributed by atoms with van der Waals surface area (Å²) in [6, 6.07) is 6.26. The van der Waals surface area contributed by atoms with Gasteiger partial charge in [-0.05, 0) is 41.0 Å². The molecule has 1 aromatic rings. The molecule has 0 atom stereocenters. The smallest absolute Gasteiger partial charge is 0.0256 e. The predicted octanol–water partition coefficient (Wildman–Crippen LogP) is 3.05. The highest BCUT2D eigenvalue weighted by atomic mass is 127. The van der Waals surface area contributed by atoms with Crippen LogP contribution in [0.15, 0.2) is 18.2 Å². The molecule has 0 amide bonds. The minimum absolute atomic E-state index is 1.10. The molecular weight excluding hydrogens is 247 g/mol. The summed E-state index contributed by atoms with van der Waals surface area (Å²) in [5.41, 5.74) is 3.73. The van der Waals surface area contributed by atoms with Gasteiger partial charge in [0.2, 0.25) is 0 Å². The number of benzene rings is 1. The van der Waals surface area contributed by atoms with Crippen LogP contribution >= 0.6 is 22.6 Å². The Kier molecular flexibility index (Phi) is 2.95. The van der Waals surface area contributed by atoms with Gasteiger partial charge >= 0.3 is 0 Å². The molecule has 56 valence electrons. The molecule has 0 unspecified atom stereocenters. The summed E-state index contributed by atoms with van der Waals surface area (Å²) in [5, 5.41) is 0. The Morgan fingerprint density at radius 3 is 2.45 bits per heavy atom. The molecule has 0 aliphatic rings. The van der Waals surface area contributed by atoms with Gasteiger partial charge in [0.25, 0.3) is 0 Å². The SMILES string of the molecule is Cc1ccc(C#CI)cc1C. The molecule has 0 saturated heterocycles. The van der Waals surface area contributed by atoms with Crippen molar-refractivity contribution in [3.8, 4) is 9.85 Å². The maximum absolute atomic E-state index is 3.01. The van der Waals surface area contributed by atoms with E-state index in [4.69, 9.17) is 0 Å². The average molecular weight is 256 g/mol. The summed E-state index contributed by atoms with van der Waals surface area (Å²) in [5.74, 6) is 3.01. The highest BCUT2D eigenvalue weighted by molar-refractivity contribution is 14.1. The van der Waals surface area contributed by atoms with Crippen LogP contribution in [0.25, 0.3) is 0 Å². The molecule has 0 aliphatic carbocycles. The number of halogens is 1. The molecule has 0 aromatic heterocycles. The van der Waals surface area contributed by atoms with Gasteiger partial charge in [-0.2, -0.15) is 0 Å². The fourth-order valence-electron chi connectivity index (χ4n) is 0.874. The summed E-state index contributed by atoms with van der Waals surface area (Å²) in [4.78, 5) is 0. The molecule has 11 heavy (non-hydrogen) atoms. The summed E-state index contributed by atoms with van der Waals surface area (Å²) in [6.45, 7) is 4.21. The first-order valence-electron chi connectivity index (χ1n) is 3.43. The Labute approximate surface area is 81.2 Å². The van der Waals surface area contributed by atoms with Crippen molar-refractivity contribution in [1.29, 1.82) is 0 Å². The van der Waals surface area contributed by atoms with Gasteiger partial charge in [0.05, 0.1) is 0 Å². The second-order valence-electron chi connectivity index (χ2n) is 2.52. The highest BCUT2D eigenvalue weighted by Crippen LogP contribution is 2.08. The topological polar surface area (TPSA) is 0 Å². The van der Waals surface area contributed by atoms with Crippen LogP contribution in [0.2, 0.25) is 0 Å². The Morgan fingerprint density at radius 1 is 1.18 bits per heavy atom. The van der Waals surface area contributed by atoms with Crippen molar-refractivity contribution < 1.29 is 0 Å². The summed E-state index contributed by atoms with van der Waals surface area (Å²) >= 11 is 2.05. The van der Waals surface area contributed by atoms with Crippen molar-refractivity contribution in [3.63, 3.8) is 0 Å². The second-order valence-corrected chi connectivity index (χ2v) is 3.06. The minimum atomic E-state index is 1.10. The molecule has 0 radical (unpaired) electrons. The van der Waals surface area contributed by atoms with Crippen molar-refractivity contribution in [2.45, 2.75) is 13.8 Å². The molecule has 0 saturated carbocycles. The molecule has 0 aliphatic heterocycles. The van der Waals surface area contributed by atoms with Gasteiger partial charge in [-0.1, -0.05) is 12.0 Å². The van der Waals surface area contributed by atoms with Crippen molar-refractivity contribution in [2.75, 3.05) is 0 Å². The number of hydrogen-bond donors (Lipinski definition) is 0. The second kappa shape index (κ2) is 3.77. The van der Waals surface area contributed by atoms with E-state index >= 15 is 0 Å². The van der Waals surface area contributed by atoms with E-state index < -0.39 is 0 Å². The minimum Gasteiger partial charge on any atom is -0.0578 e. The molecule has 0 bridgehead atoms. The van der Waals surface area contributed by atoms with E-state index in [1.54, 1.807) is 0 Å².